The van der Waals surface area contributed by atoms with Crippen LogP contribution < -0.4 is 5.32 Å². The lowest BCUT2D eigenvalue weighted by molar-refractivity contribution is -0.127. The summed E-state index contributed by atoms with van der Waals surface area (Å²) in [7, 11) is 1.82. The Morgan fingerprint density at radius 1 is 1.75 bits per heavy atom. The molecule has 1 N–H and O–H groups in total. The van der Waals surface area contributed by atoms with Gasteiger partial charge in [-0.2, -0.15) is 10.4 Å². The summed E-state index contributed by atoms with van der Waals surface area (Å²) in [5, 5.41) is 15.8. The van der Waals surface area contributed by atoms with E-state index in [1.54, 1.807) is 11.6 Å². The number of carbonyl (C=O) groups excluding carboxylic acids is 1. The Bertz CT molecular complexity index is 418. The van der Waals surface area contributed by atoms with E-state index in [0.29, 0.717) is 13.0 Å². The lowest BCUT2D eigenvalue weighted by Crippen LogP contribution is -2.37. The monoisotopic (exact) mass is 220 g/mol. The average molecular weight is 220 g/mol. The minimum absolute atomic E-state index is 0.247. The highest BCUT2D eigenvalue weighted by Crippen LogP contribution is 2.19. The molecule has 16 heavy (non-hydrogen) atoms. The van der Waals surface area contributed by atoms with Crippen molar-refractivity contribution in [1.29, 1.82) is 5.26 Å². The van der Waals surface area contributed by atoms with Crippen LogP contribution in [0.3, 0.4) is 0 Å². The Hall–Kier alpha value is -1.83. The van der Waals surface area contributed by atoms with E-state index in [9.17, 15) is 4.79 Å². The first-order valence-electron chi connectivity index (χ1n) is 5.20. The maximum atomic E-state index is 11.7. The quantitative estimate of drug-likeness (QED) is 0.822. The molecule has 0 spiro atoms. The molecule has 0 aromatic carbocycles. The van der Waals surface area contributed by atoms with Gasteiger partial charge in [0.15, 0.2) is 0 Å². The standard InChI is InChI=1S/C11H16N4O/c1-4-11(2,8-12)10(16)13-7-9-5-6-15(3)14-9/h5-6H,4,7H2,1-3H3,(H,13,16). The van der Waals surface area contributed by atoms with Gasteiger partial charge < -0.3 is 5.32 Å². The fourth-order valence-electron chi connectivity index (χ4n) is 1.21. The van der Waals surface area contributed by atoms with Crippen LogP contribution in [0.25, 0.3) is 0 Å². The van der Waals surface area contributed by atoms with Gasteiger partial charge in [-0.1, -0.05) is 6.92 Å². The summed E-state index contributed by atoms with van der Waals surface area (Å²) >= 11 is 0. The second-order valence-electron chi connectivity index (χ2n) is 3.96. The van der Waals surface area contributed by atoms with Gasteiger partial charge in [0.1, 0.15) is 5.41 Å². The summed E-state index contributed by atoms with van der Waals surface area (Å²) in [6.07, 6.45) is 2.31. The van der Waals surface area contributed by atoms with Gasteiger partial charge in [-0.05, 0) is 19.4 Å². The van der Waals surface area contributed by atoms with Crippen LogP contribution in [0.5, 0.6) is 0 Å². The molecular weight excluding hydrogens is 204 g/mol. The smallest absolute Gasteiger partial charge is 0.240 e. The summed E-state index contributed by atoms with van der Waals surface area (Å²) < 4.78 is 1.67. The van der Waals surface area contributed by atoms with Gasteiger partial charge in [-0.15, -0.1) is 0 Å². The number of nitriles is 1. The van der Waals surface area contributed by atoms with Crippen molar-refractivity contribution in [2.75, 3.05) is 0 Å². The molecule has 1 aromatic heterocycles. The fraction of sp³-hybridized carbons (Fsp3) is 0.545. The minimum atomic E-state index is -0.950. The highest BCUT2D eigenvalue weighted by Gasteiger charge is 2.30. The largest absolute Gasteiger partial charge is 0.349 e. The van der Waals surface area contributed by atoms with Crippen LogP contribution in [0, 0.1) is 16.7 Å². The van der Waals surface area contributed by atoms with Crippen LogP contribution in [0.15, 0.2) is 12.3 Å². The zero-order valence-electron chi connectivity index (χ0n) is 9.82. The number of rotatable bonds is 4. The molecule has 86 valence electrons. The molecule has 0 fully saturated rings. The van der Waals surface area contributed by atoms with Gasteiger partial charge in [-0.25, -0.2) is 0 Å². The lowest BCUT2D eigenvalue weighted by atomic mass is 9.88. The third kappa shape index (κ3) is 2.60. The van der Waals surface area contributed by atoms with Crippen molar-refractivity contribution < 1.29 is 4.79 Å². The van der Waals surface area contributed by atoms with Crippen molar-refractivity contribution >= 4 is 5.91 Å². The summed E-state index contributed by atoms with van der Waals surface area (Å²) in [6, 6.07) is 3.86. The first-order valence-corrected chi connectivity index (χ1v) is 5.20. The third-order valence-electron chi connectivity index (χ3n) is 2.65. The van der Waals surface area contributed by atoms with Crippen molar-refractivity contribution in [2.24, 2.45) is 12.5 Å². The molecular formula is C11H16N4O. The number of aromatic nitrogens is 2. The lowest BCUT2D eigenvalue weighted by Gasteiger charge is -2.17. The first-order chi connectivity index (χ1) is 7.51. The molecule has 1 heterocycles. The molecule has 0 bridgehead atoms. The van der Waals surface area contributed by atoms with Crippen molar-refractivity contribution in [3.8, 4) is 6.07 Å². The maximum Gasteiger partial charge on any atom is 0.240 e. The highest BCUT2D eigenvalue weighted by molar-refractivity contribution is 5.84. The normalized spacial score (nSPS) is 13.9. The van der Waals surface area contributed by atoms with E-state index in [-0.39, 0.29) is 5.91 Å². The third-order valence-corrected chi connectivity index (χ3v) is 2.65. The van der Waals surface area contributed by atoms with E-state index >= 15 is 0 Å². The number of nitrogens with zero attached hydrogens (tertiary/aromatic N) is 3. The van der Waals surface area contributed by atoms with Crippen LogP contribution in [0.2, 0.25) is 0 Å². The summed E-state index contributed by atoms with van der Waals surface area (Å²) in [6.45, 7) is 3.82. The molecule has 5 heteroatoms. The van der Waals surface area contributed by atoms with Crippen LogP contribution in [0.1, 0.15) is 26.0 Å². The molecule has 0 aliphatic carbocycles. The Morgan fingerprint density at radius 3 is 2.88 bits per heavy atom. The van der Waals surface area contributed by atoms with Gasteiger partial charge in [-0.3, -0.25) is 9.48 Å². The predicted molar refractivity (Wildman–Crippen MR) is 59.1 cm³/mol. The molecule has 1 rings (SSSR count). The van der Waals surface area contributed by atoms with Crippen molar-refractivity contribution in [3.05, 3.63) is 18.0 Å². The summed E-state index contributed by atoms with van der Waals surface area (Å²) in [4.78, 5) is 11.7. The van der Waals surface area contributed by atoms with Crippen LogP contribution in [-0.4, -0.2) is 15.7 Å². The zero-order chi connectivity index (χ0) is 12.2. The second-order valence-corrected chi connectivity index (χ2v) is 3.96. The molecule has 0 radical (unpaired) electrons. The Labute approximate surface area is 95.1 Å². The molecule has 1 unspecified atom stereocenters. The van der Waals surface area contributed by atoms with E-state index in [4.69, 9.17) is 5.26 Å². The highest BCUT2D eigenvalue weighted by atomic mass is 16.2. The second kappa shape index (κ2) is 4.79. The van der Waals surface area contributed by atoms with E-state index < -0.39 is 5.41 Å². The molecule has 1 atom stereocenters. The topological polar surface area (TPSA) is 70.7 Å². The van der Waals surface area contributed by atoms with Crippen LogP contribution >= 0.6 is 0 Å². The van der Waals surface area contributed by atoms with Gasteiger partial charge in [0.05, 0.1) is 18.3 Å². The van der Waals surface area contributed by atoms with Gasteiger partial charge in [0, 0.05) is 13.2 Å². The van der Waals surface area contributed by atoms with E-state index in [2.05, 4.69) is 10.4 Å². The maximum absolute atomic E-state index is 11.7. The van der Waals surface area contributed by atoms with Crippen molar-refractivity contribution in [2.45, 2.75) is 26.8 Å². The van der Waals surface area contributed by atoms with Crippen LogP contribution in [-0.2, 0) is 18.4 Å². The van der Waals surface area contributed by atoms with E-state index in [1.807, 2.05) is 32.3 Å². The average Bonchev–Trinajstić information content (AvgIpc) is 2.70. The van der Waals surface area contributed by atoms with Gasteiger partial charge >= 0.3 is 0 Å². The predicted octanol–water partition coefficient (Wildman–Crippen LogP) is 0.976. The van der Waals surface area contributed by atoms with Crippen molar-refractivity contribution in [3.63, 3.8) is 0 Å². The minimum Gasteiger partial charge on any atom is -0.349 e. The summed E-state index contributed by atoms with van der Waals surface area (Å²) in [5.74, 6) is -0.247. The molecule has 1 amide bonds. The Balaban J connectivity index is 2.57. The fourth-order valence-corrected chi connectivity index (χ4v) is 1.21. The number of hydrogen-bond donors (Lipinski definition) is 1. The molecule has 0 aliphatic heterocycles. The van der Waals surface area contributed by atoms with Gasteiger partial charge in [0.2, 0.25) is 5.91 Å². The summed E-state index contributed by atoms with van der Waals surface area (Å²) in [5.41, 5.74) is -0.165. The van der Waals surface area contributed by atoms with E-state index in [0.717, 1.165) is 5.69 Å². The molecule has 0 saturated carbocycles. The molecule has 0 aliphatic rings. The molecule has 5 nitrogen and oxygen atoms in total. The zero-order valence-corrected chi connectivity index (χ0v) is 9.82. The number of hydrogen-bond acceptors (Lipinski definition) is 3. The van der Waals surface area contributed by atoms with Gasteiger partial charge in [0.25, 0.3) is 0 Å². The molecule has 0 saturated heterocycles. The number of carbonyl (C=O) groups is 1. The Morgan fingerprint density at radius 2 is 2.44 bits per heavy atom. The number of nitrogens with one attached hydrogen (secondary N) is 1. The number of aryl methyl sites for hydroxylation is 1. The Kier molecular flexibility index (Phi) is 3.67. The first kappa shape index (κ1) is 12.2. The van der Waals surface area contributed by atoms with Crippen LogP contribution in [0.4, 0.5) is 0 Å². The SMILES string of the molecule is CCC(C)(C#N)C(=O)NCc1ccn(C)n1. The van der Waals surface area contributed by atoms with E-state index in [1.165, 1.54) is 0 Å². The number of amides is 1. The molecule has 1 aromatic rings. The van der Waals surface area contributed by atoms with Crippen molar-refractivity contribution in [1.82, 2.24) is 15.1 Å².